The number of aliphatic imine (C=N–C) groups is 1. The van der Waals surface area contributed by atoms with Crippen molar-refractivity contribution in [2.24, 2.45) is 10.7 Å². The molecule has 4 nitrogen and oxygen atoms in total. The molecule has 1 unspecified atom stereocenters. The monoisotopic (exact) mass is 282 g/mol. The molecule has 1 heterocycles. The van der Waals surface area contributed by atoms with Crippen LogP contribution in [0.15, 0.2) is 23.2 Å². The van der Waals surface area contributed by atoms with Crippen LogP contribution < -0.4 is 5.73 Å². The second-order valence-electron chi connectivity index (χ2n) is 5.53. The van der Waals surface area contributed by atoms with Crippen LogP contribution in [0, 0.1) is 11.6 Å². The van der Waals surface area contributed by atoms with Gasteiger partial charge in [-0.1, -0.05) is 6.07 Å². The standard InChI is InChI=1S/C14H20F2N4/c1-14(10-4-5-11(15)12(16)8-10)9-18-13(17)20(14)7-6-19(2)3/h4-5,8H,6-7,9H2,1-3H3,(H2,17,18). The lowest BCUT2D eigenvalue weighted by Gasteiger charge is -2.37. The van der Waals surface area contributed by atoms with Crippen LogP contribution in [0.5, 0.6) is 0 Å². The lowest BCUT2D eigenvalue weighted by Crippen LogP contribution is -2.49. The Kier molecular flexibility index (Phi) is 3.94. The zero-order chi connectivity index (χ0) is 14.9. The number of guanidine groups is 1. The highest BCUT2D eigenvalue weighted by Crippen LogP contribution is 2.33. The highest BCUT2D eigenvalue weighted by Gasteiger charge is 2.39. The van der Waals surface area contributed by atoms with Crippen molar-refractivity contribution in [3.05, 3.63) is 35.4 Å². The first-order chi connectivity index (χ1) is 9.34. The van der Waals surface area contributed by atoms with Crippen molar-refractivity contribution >= 4 is 5.96 Å². The van der Waals surface area contributed by atoms with Crippen LogP contribution in [-0.2, 0) is 5.54 Å². The van der Waals surface area contributed by atoms with Gasteiger partial charge in [-0.15, -0.1) is 0 Å². The molecule has 2 N–H and O–H groups in total. The third-order valence-electron chi connectivity index (χ3n) is 3.73. The van der Waals surface area contributed by atoms with Gasteiger partial charge in [0.25, 0.3) is 0 Å². The molecule has 1 atom stereocenters. The number of likely N-dealkylation sites (N-methyl/N-ethyl adjacent to an activating group) is 1. The summed E-state index contributed by atoms with van der Waals surface area (Å²) in [5, 5.41) is 0. The van der Waals surface area contributed by atoms with Crippen LogP contribution in [0.3, 0.4) is 0 Å². The second-order valence-corrected chi connectivity index (χ2v) is 5.53. The van der Waals surface area contributed by atoms with Crippen molar-refractivity contribution in [3.63, 3.8) is 0 Å². The average molecular weight is 282 g/mol. The summed E-state index contributed by atoms with van der Waals surface area (Å²) >= 11 is 0. The summed E-state index contributed by atoms with van der Waals surface area (Å²) in [5.74, 6) is -1.25. The molecule has 0 fully saturated rings. The van der Waals surface area contributed by atoms with Crippen LogP contribution in [0.4, 0.5) is 8.78 Å². The van der Waals surface area contributed by atoms with Gasteiger partial charge in [-0.05, 0) is 38.7 Å². The molecule has 0 radical (unpaired) electrons. The molecule has 1 aliphatic rings. The predicted octanol–water partition coefficient (Wildman–Crippen LogP) is 1.37. The molecule has 20 heavy (non-hydrogen) atoms. The largest absolute Gasteiger partial charge is 0.370 e. The van der Waals surface area contributed by atoms with Gasteiger partial charge in [-0.2, -0.15) is 0 Å². The third kappa shape index (κ3) is 2.60. The van der Waals surface area contributed by atoms with E-state index >= 15 is 0 Å². The fourth-order valence-electron chi connectivity index (χ4n) is 2.40. The van der Waals surface area contributed by atoms with E-state index in [0.717, 1.165) is 12.6 Å². The fraction of sp³-hybridized carbons (Fsp3) is 0.500. The van der Waals surface area contributed by atoms with E-state index in [-0.39, 0.29) is 0 Å². The summed E-state index contributed by atoms with van der Waals surface area (Å²) < 4.78 is 26.6. The Balaban J connectivity index is 2.29. The van der Waals surface area contributed by atoms with Crippen molar-refractivity contribution in [2.45, 2.75) is 12.5 Å². The quantitative estimate of drug-likeness (QED) is 0.907. The Morgan fingerprint density at radius 1 is 1.35 bits per heavy atom. The van der Waals surface area contributed by atoms with E-state index in [1.807, 2.05) is 30.8 Å². The molecule has 0 aliphatic carbocycles. The first-order valence-electron chi connectivity index (χ1n) is 6.52. The first-order valence-corrected chi connectivity index (χ1v) is 6.52. The SMILES string of the molecule is CN(C)CCN1C(N)=NCC1(C)c1ccc(F)c(F)c1. The number of hydrogen-bond acceptors (Lipinski definition) is 4. The van der Waals surface area contributed by atoms with Gasteiger partial charge in [-0.25, -0.2) is 8.78 Å². The highest BCUT2D eigenvalue weighted by atomic mass is 19.2. The number of rotatable bonds is 4. The number of nitrogens with zero attached hydrogens (tertiary/aromatic N) is 3. The Morgan fingerprint density at radius 2 is 2.05 bits per heavy atom. The van der Waals surface area contributed by atoms with Crippen molar-refractivity contribution in [2.75, 3.05) is 33.7 Å². The van der Waals surface area contributed by atoms with Crippen LogP contribution >= 0.6 is 0 Å². The van der Waals surface area contributed by atoms with Gasteiger partial charge >= 0.3 is 0 Å². The van der Waals surface area contributed by atoms with Crippen LogP contribution in [0.25, 0.3) is 0 Å². The maximum absolute atomic E-state index is 13.5. The van der Waals surface area contributed by atoms with E-state index in [0.29, 0.717) is 24.6 Å². The van der Waals surface area contributed by atoms with Gasteiger partial charge in [0, 0.05) is 13.1 Å². The van der Waals surface area contributed by atoms with Gasteiger partial charge in [-0.3, -0.25) is 4.99 Å². The molecule has 1 aromatic carbocycles. The Labute approximate surface area is 117 Å². The summed E-state index contributed by atoms with van der Waals surface area (Å²) in [6.07, 6.45) is 0. The molecule has 0 saturated heterocycles. The van der Waals surface area contributed by atoms with E-state index in [4.69, 9.17) is 5.73 Å². The Morgan fingerprint density at radius 3 is 2.65 bits per heavy atom. The second kappa shape index (κ2) is 5.36. The van der Waals surface area contributed by atoms with E-state index in [1.54, 1.807) is 6.07 Å². The molecule has 110 valence electrons. The molecule has 0 bridgehead atoms. The van der Waals surface area contributed by atoms with Gasteiger partial charge in [0.05, 0.1) is 12.1 Å². The van der Waals surface area contributed by atoms with Crippen molar-refractivity contribution in [3.8, 4) is 0 Å². The van der Waals surface area contributed by atoms with E-state index in [2.05, 4.69) is 4.99 Å². The molecular formula is C14H20F2N4. The summed E-state index contributed by atoms with van der Waals surface area (Å²) in [6, 6.07) is 3.97. The van der Waals surface area contributed by atoms with E-state index < -0.39 is 17.2 Å². The van der Waals surface area contributed by atoms with Crippen molar-refractivity contribution < 1.29 is 8.78 Å². The third-order valence-corrected chi connectivity index (χ3v) is 3.73. The van der Waals surface area contributed by atoms with Crippen LogP contribution in [-0.4, -0.2) is 49.5 Å². The van der Waals surface area contributed by atoms with Crippen molar-refractivity contribution in [1.82, 2.24) is 9.80 Å². The first kappa shape index (κ1) is 14.7. The molecular weight excluding hydrogens is 262 g/mol. The highest BCUT2D eigenvalue weighted by molar-refractivity contribution is 5.81. The molecule has 6 heteroatoms. The molecule has 2 rings (SSSR count). The molecule has 0 saturated carbocycles. The number of hydrogen-bond donors (Lipinski definition) is 1. The summed E-state index contributed by atoms with van der Waals surface area (Å²) in [6.45, 7) is 3.86. The smallest absolute Gasteiger partial charge is 0.192 e. The lowest BCUT2D eigenvalue weighted by molar-refractivity contribution is 0.204. The van der Waals surface area contributed by atoms with Crippen molar-refractivity contribution in [1.29, 1.82) is 0 Å². The minimum absolute atomic E-state index is 0.442. The van der Waals surface area contributed by atoms with Crippen LogP contribution in [0.2, 0.25) is 0 Å². The minimum atomic E-state index is -0.846. The normalized spacial score (nSPS) is 22.5. The predicted molar refractivity (Wildman–Crippen MR) is 75.5 cm³/mol. The lowest BCUT2D eigenvalue weighted by atomic mass is 9.91. The van der Waals surface area contributed by atoms with Gasteiger partial charge in [0.15, 0.2) is 17.6 Å². The number of nitrogens with two attached hydrogens (primary N) is 1. The summed E-state index contributed by atoms with van der Waals surface area (Å²) in [4.78, 5) is 8.25. The van der Waals surface area contributed by atoms with Gasteiger partial charge < -0.3 is 15.5 Å². The maximum Gasteiger partial charge on any atom is 0.192 e. The van der Waals surface area contributed by atoms with Gasteiger partial charge in [0.2, 0.25) is 0 Å². The zero-order valence-electron chi connectivity index (χ0n) is 12.0. The fourth-order valence-corrected chi connectivity index (χ4v) is 2.40. The Hall–Kier alpha value is -1.69. The van der Waals surface area contributed by atoms with E-state index in [9.17, 15) is 8.78 Å². The van der Waals surface area contributed by atoms with Crippen LogP contribution in [0.1, 0.15) is 12.5 Å². The summed E-state index contributed by atoms with van der Waals surface area (Å²) in [7, 11) is 3.94. The minimum Gasteiger partial charge on any atom is -0.370 e. The molecule has 0 aromatic heterocycles. The zero-order valence-corrected chi connectivity index (χ0v) is 12.0. The maximum atomic E-state index is 13.5. The van der Waals surface area contributed by atoms with Gasteiger partial charge in [0.1, 0.15) is 0 Å². The molecule has 0 spiro atoms. The number of benzene rings is 1. The number of halogens is 2. The summed E-state index contributed by atoms with van der Waals surface area (Å²) in [5.41, 5.74) is 6.08. The topological polar surface area (TPSA) is 44.9 Å². The van der Waals surface area contributed by atoms with E-state index in [1.165, 1.54) is 6.07 Å². The Bertz CT molecular complexity index is 530. The molecule has 0 amide bonds. The average Bonchev–Trinajstić information content (AvgIpc) is 2.67. The molecule has 1 aliphatic heterocycles. The molecule has 1 aromatic rings.